The number of likely N-dealkylation sites (N-methyl/N-ethyl adjacent to an activating group) is 1. The zero-order valence-electron chi connectivity index (χ0n) is 17.6. The van der Waals surface area contributed by atoms with Gasteiger partial charge in [0, 0.05) is 52.4 Å². The molecule has 2 N–H and O–H groups in total. The molecule has 8 nitrogen and oxygen atoms in total. The number of hydrogen-bond donors (Lipinski definition) is 2. The maximum Gasteiger partial charge on any atom is 0.234 e. The van der Waals surface area contributed by atoms with Crippen molar-refractivity contribution in [2.24, 2.45) is 0 Å². The van der Waals surface area contributed by atoms with Gasteiger partial charge in [-0.2, -0.15) is 4.98 Å². The highest BCUT2D eigenvalue weighted by Crippen LogP contribution is 2.27. The van der Waals surface area contributed by atoms with Gasteiger partial charge >= 0.3 is 0 Å². The molecule has 170 valence electrons. The average Bonchev–Trinajstić information content (AvgIpc) is 2.75. The Labute approximate surface area is 206 Å². The topological polar surface area (TPSA) is 90.5 Å². The molecule has 1 fully saturated rings. The summed E-state index contributed by atoms with van der Waals surface area (Å²) in [6.45, 7) is 3.74. The van der Waals surface area contributed by atoms with E-state index in [1.54, 1.807) is 24.3 Å². The molecule has 0 saturated carbocycles. The SMILES string of the molecule is CN1CCN(c2nc(NCCS(=O)(=O)Nc3ccc(I)cc3)c3cc(Cl)ccc3n2)CC1. The predicted molar refractivity (Wildman–Crippen MR) is 139 cm³/mol. The summed E-state index contributed by atoms with van der Waals surface area (Å²) in [4.78, 5) is 13.8. The molecule has 0 unspecified atom stereocenters. The summed E-state index contributed by atoms with van der Waals surface area (Å²) in [6, 6.07) is 12.7. The van der Waals surface area contributed by atoms with Gasteiger partial charge in [0.05, 0.1) is 11.3 Å². The van der Waals surface area contributed by atoms with Gasteiger partial charge in [-0.25, -0.2) is 13.4 Å². The zero-order valence-corrected chi connectivity index (χ0v) is 21.3. The van der Waals surface area contributed by atoms with Gasteiger partial charge in [-0.1, -0.05) is 11.6 Å². The number of nitrogens with one attached hydrogen (secondary N) is 2. The van der Waals surface area contributed by atoms with Crippen molar-refractivity contribution in [3.63, 3.8) is 0 Å². The van der Waals surface area contributed by atoms with E-state index in [0.717, 1.165) is 40.7 Å². The molecule has 0 bridgehead atoms. The highest BCUT2D eigenvalue weighted by atomic mass is 127. The Balaban J connectivity index is 1.51. The van der Waals surface area contributed by atoms with Crippen molar-refractivity contribution in [2.45, 2.75) is 0 Å². The molecule has 32 heavy (non-hydrogen) atoms. The minimum Gasteiger partial charge on any atom is -0.368 e. The van der Waals surface area contributed by atoms with Gasteiger partial charge in [0.15, 0.2) is 0 Å². The van der Waals surface area contributed by atoms with Crippen LogP contribution in [-0.4, -0.2) is 68.8 Å². The van der Waals surface area contributed by atoms with Gasteiger partial charge < -0.3 is 15.1 Å². The summed E-state index contributed by atoms with van der Waals surface area (Å²) in [6.07, 6.45) is 0. The van der Waals surface area contributed by atoms with Crippen molar-refractivity contribution in [3.8, 4) is 0 Å². The molecule has 11 heteroatoms. The third-order valence-electron chi connectivity index (χ3n) is 5.21. The second-order valence-electron chi connectivity index (χ2n) is 7.68. The van der Waals surface area contributed by atoms with Crippen LogP contribution >= 0.6 is 34.2 Å². The van der Waals surface area contributed by atoms with E-state index < -0.39 is 10.0 Å². The Morgan fingerprint density at radius 1 is 1.06 bits per heavy atom. The lowest BCUT2D eigenvalue weighted by Crippen LogP contribution is -2.45. The molecule has 4 rings (SSSR count). The van der Waals surface area contributed by atoms with Gasteiger partial charge in [-0.05, 0) is 72.1 Å². The van der Waals surface area contributed by atoms with Crippen molar-refractivity contribution >= 4 is 72.6 Å². The Kier molecular flexibility index (Phi) is 7.23. The Hall–Kier alpha value is -1.89. The normalized spacial score (nSPS) is 15.2. The van der Waals surface area contributed by atoms with Crippen molar-refractivity contribution in [1.29, 1.82) is 0 Å². The highest BCUT2D eigenvalue weighted by Gasteiger charge is 2.19. The zero-order chi connectivity index (χ0) is 22.7. The molecule has 2 heterocycles. The van der Waals surface area contributed by atoms with Crippen LogP contribution in [0.3, 0.4) is 0 Å². The predicted octanol–water partition coefficient (Wildman–Crippen LogP) is 3.49. The summed E-state index contributed by atoms with van der Waals surface area (Å²) in [5.41, 5.74) is 1.31. The molecule has 0 aliphatic carbocycles. The Morgan fingerprint density at radius 3 is 2.50 bits per heavy atom. The van der Waals surface area contributed by atoms with Crippen LogP contribution in [0.4, 0.5) is 17.5 Å². The molecule has 2 aromatic carbocycles. The summed E-state index contributed by atoms with van der Waals surface area (Å²) < 4.78 is 28.7. The van der Waals surface area contributed by atoms with Crippen molar-refractivity contribution in [2.75, 3.05) is 60.5 Å². The van der Waals surface area contributed by atoms with E-state index in [-0.39, 0.29) is 12.3 Å². The van der Waals surface area contributed by atoms with Gasteiger partial charge in [0.2, 0.25) is 16.0 Å². The van der Waals surface area contributed by atoms with Crippen LogP contribution in [0.15, 0.2) is 42.5 Å². The average molecular weight is 587 g/mol. The smallest absolute Gasteiger partial charge is 0.234 e. The van der Waals surface area contributed by atoms with Gasteiger partial charge in [0.1, 0.15) is 5.82 Å². The van der Waals surface area contributed by atoms with E-state index in [9.17, 15) is 8.42 Å². The summed E-state index contributed by atoms with van der Waals surface area (Å²) >= 11 is 8.37. The number of fused-ring (bicyclic) bond motifs is 1. The Bertz CT molecular complexity index is 1200. The number of rotatable bonds is 7. The fraction of sp³-hybridized carbons (Fsp3) is 0.333. The largest absolute Gasteiger partial charge is 0.368 e. The molecule has 0 amide bonds. The van der Waals surface area contributed by atoms with Crippen LogP contribution < -0.4 is 14.9 Å². The molecule has 0 radical (unpaired) electrons. The van der Waals surface area contributed by atoms with E-state index in [2.05, 4.69) is 49.5 Å². The van der Waals surface area contributed by atoms with E-state index in [1.807, 2.05) is 18.2 Å². The van der Waals surface area contributed by atoms with Crippen molar-refractivity contribution in [3.05, 3.63) is 51.1 Å². The molecule has 1 aliphatic heterocycles. The van der Waals surface area contributed by atoms with E-state index in [0.29, 0.717) is 22.5 Å². The monoisotopic (exact) mass is 586 g/mol. The molecule has 1 saturated heterocycles. The molecular weight excluding hydrogens is 563 g/mol. The first-order chi connectivity index (χ1) is 15.3. The van der Waals surface area contributed by atoms with E-state index >= 15 is 0 Å². The van der Waals surface area contributed by atoms with Gasteiger partial charge in [-0.15, -0.1) is 0 Å². The number of piperazine rings is 1. The van der Waals surface area contributed by atoms with Crippen LogP contribution in [0.2, 0.25) is 5.02 Å². The number of benzene rings is 2. The Morgan fingerprint density at radius 2 is 1.78 bits per heavy atom. The lowest BCUT2D eigenvalue weighted by Gasteiger charge is -2.32. The van der Waals surface area contributed by atoms with Gasteiger partial charge in [0.25, 0.3) is 0 Å². The summed E-state index contributed by atoms with van der Waals surface area (Å²) in [7, 11) is -1.42. The minimum absolute atomic E-state index is 0.102. The molecule has 0 spiro atoms. The lowest BCUT2D eigenvalue weighted by atomic mass is 10.2. The molecule has 1 aromatic heterocycles. The summed E-state index contributed by atoms with van der Waals surface area (Å²) in [5.74, 6) is 1.11. The second-order valence-corrected chi connectivity index (χ2v) is 11.2. The quantitative estimate of drug-likeness (QED) is 0.410. The minimum atomic E-state index is -3.52. The van der Waals surface area contributed by atoms with Crippen molar-refractivity contribution in [1.82, 2.24) is 14.9 Å². The second kappa shape index (κ2) is 9.94. The maximum atomic E-state index is 12.5. The van der Waals surface area contributed by atoms with Crippen LogP contribution in [-0.2, 0) is 10.0 Å². The van der Waals surface area contributed by atoms with Crippen LogP contribution in [0.1, 0.15) is 0 Å². The molecule has 1 aliphatic rings. The first-order valence-electron chi connectivity index (χ1n) is 10.2. The maximum absolute atomic E-state index is 12.5. The fourth-order valence-corrected chi connectivity index (χ4v) is 4.92. The number of aromatic nitrogens is 2. The number of nitrogens with zero attached hydrogens (tertiary/aromatic N) is 4. The standard InChI is InChI=1S/C21H24ClIN6O2S/c1-28-9-11-29(12-10-28)21-25-19-7-2-15(22)14-18(19)20(26-21)24-8-13-32(30,31)27-17-5-3-16(23)4-6-17/h2-7,14,27H,8-13H2,1H3,(H,24,25,26). The molecule has 3 aromatic rings. The lowest BCUT2D eigenvalue weighted by molar-refractivity contribution is 0.311. The first-order valence-corrected chi connectivity index (χ1v) is 13.3. The van der Waals surface area contributed by atoms with Crippen LogP contribution in [0, 0.1) is 3.57 Å². The van der Waals surface area contributed by atoms with Crippen LogP contribution in [0.25, 0.3) is 10.9 Å². The van der Waals surface area contributed by atoms with Crippen LogP contribution in [0.5, 0.6) is 0 Å². The fourth-order valence-electron chi connectivity index (χ4n) is 3.42. The number of anilines is 3. The van der Waals surface area contributed by atoms with Crippen molar-refractivity contribution < 1.29 is 8.42 Å². The first kappa shape index (κ1) is 23.3. The van der Waals surface area contributed by atoms with E-state index in [1.165, 1.54) is 0 Å². The van der Waals surface area contributed by atoms with E-state index in [4.69, 9.17) is 21.6 Å². The number of hydrogen-bond acceptors (Lipinski definition) is 7. The number of halogens is 2. The molecule has 0 atom stereocenters. The number of sulfonamides is 1. The summed E-state index contributed by atoms with van der Waals surface area (Å²) in [5, 5.41) is 4.52. The third-order valence-corrected chi connectivity index (χ3v) is 7.46. The van der Waals surface area contributed by atoms with Gasteiger partial charge in [-0.3, -0.25) is 4.72 Å². The molecular formula is C21H24ClIN6O2S. The highest BCUT2D eigenvalue weighted by molar-refractivity contribution is 14.1. The third kappa shape index (κ3) is 5.91.